The number of nitrogens with zero attached hydrogens (tertiary/aromatic N) is 2. The number of allylic oxidation sites excluding steroid dienone is 1. The maximum atomic E-state index is 14.5. The molecule has 0 saturated carbocycles. The average Bonchev–Trinajstić information content (AvgIpc) is 3.87. The molecular formula is C48H65N13O12S. The fourth-order valence-corrected chi connectivity index (χ4v) is 8.24. The number of aromatic amines is 1. The molecular weight excluding hydrogens is 983 g/mol. The van der Waals surface area contributed by atoms with E-state index in [1.807, 2.05) is 0 Å². The third-order valence-electron chi connectivity index (χ3n) is 11.4. The third-order valence-corrected chi connectivity index (χ3v) is 12.3. The number of phenolic OH excluding ortho intramolecular Hbond substituents is 1. The van der Waals surface area contributed by atoms with E-state index in [0.29, 0.717) is 16.8 Å². The van der Waals surface area contributed by atoms with Gasteiger partial charge in [-0.15, -0.1) is 11.8 Å². The van der Waals surface area contributed by atoms with Crippen LogP contribution in [0.2, 0.25) is 0 Å². The highest BCUT2D eigenvalue weighted by Crippen LogP contribution is 2.16. The van der Waals surface area contributed by atoms with Crippen LogP contribution in [0.3, 0.4) is 0 Å². The van der Waals surface area contributed by atoms with Crippen molar-refractivity contribution in [1.82, 2.24) is 47.2 Å². The molecule has 1 aromatic heterocycles. The largest absolute Gasteiger partial charge is 0.508 e. The second-order valence-corrected chi connectivity index (χ2v) is 18.7. The highest BCUT2D eigenvalue weighted by molar-refractivity contribution is 8.02. The Morgan fingerprint density at radius 1 is 0.824 bits per heavy atom. The van der Waals surface area contributed by atoms with Crippen LogP contribution >= 0.6 is 11.8 Å². The number of rotatable bonds is 24. The summed E-state index contributed by atoms with van der Waals surface area (Å²) in [5.74, 6) is -9.49. The molecule has 7 amide bonds. The first-order chi connectivity index (χ1) is 35.2. The van der Waals surface area contributed by atoms with E-state index in [9.17, 15) is 53.4 Å². The van der Waals surface area contributed by atoms with E-state index in [0.717, 1.165) is 11.8 Å². The van der Waals surface area contributed by atoms with E-state index in [1.54, 1.807) is 55.7 Å². The van der Waals surface area contributed by atoms with Crippen molar-refractivity contribution in [2.75, 3.05) is 12.3 Å². The Bertz CT molecular complexity index is 2460. The number of carboxylic acids is 2. The number of hydrogen-bond donors (Lipinski definition) is 14. The normalized spacial score (nSPS) is 18.6. The molecule has 3 aromatic rings. The monoisotopic (exact) mass is 1050 g/mol. The van der Waals surface area contributed by atoms with Gasteiger partial charge in [0, 0.05) is 43.5 Å². The molecule has 26 heteroatoms. The molecule has 4 rings (SSSR count). The number of aliphatic imine (C=N–C) groups is 1. The van der Waals surface area contributed by atoms with Crippen LogP contribution < -0.4 is 54.4 Å². The summed E-state index contributed by atoms with van der Waals surface area (Å²) in [6.45, 7) is 3.28. The smallest absolute Gasteiger partial charge is 0.326 e. The van der Waals surface area contributed by atoms with E-state index in [1.165, 1.54) is 36.8 Å². The fourth-order valence-electron chi connectivity index (χ4n) is 7.43. The van der Waals surface area contributed by atoms with Crippen LogP contribution in [0.5, 0.6) is 5.75 Å². The van der Waals surface area contributed by atoms with Gasteiger partial charge in [0.15, 0.2) is 5.96 Å². The summed E-state index contributed by atoms with van der Waals surface area (Å²) in [7, 11) is 0. The highest BCUT2D eigenvalue weighted by Gasteiger charge is 2.36. The molecule has 25 nitrogen and oxygen atoms in total. The second kappa shape index (κ2) is 29.5. The van der Waals surface area contributed by atoms with E-state index in [2.05, 4.69) is 52.2 Å². The number of phenols is 1. The van der Waals surface area contributed by atoms with Crippen LogP contribution in [0.1, 0.15) is 62.8 Å². The molecule has 1 aliphatic rings. The number of aliphatic carboxylic acids is 2. The van der Waals surface area contributed by atoms with Crippen LogP contribution in [-0.2, 0) is 62.4 Å². The first kappa shape index (κ1) is 58.6. The van der Waals surface area contributed by atoms with Gasteiger partial charge in [0.25, 0.3) is 0 Å². The van der Waals surface area contributed by atoms with E-state index >= 15 is 0 Å². The number of imidazole rings is 1. The van der Waals surface area contributed by atoms with Crippen molar-refractivity contribution in [2.24, 2.45) is 28.1 Å². The number of aromatic nitrogens is 2. The highest BCUT2D eigenvalue weighted by atomic mass is 32.2. The predicted molar refractivity (Wildman–Crippen MR) is 271 cm³/mol. The van der Waals surface area contributed by atoms with Gasteiger partial charge in [0.2, 0.25) is 41.4 Å². The molecule has 400 valence electrons. The molecule has 17 N–H and O–H groups in total. The van der Waals surface area contributed by atoms with Crippen molar-refractivity contribution in [2.45, 2.75) is 114 Å². The quantitative estimate of drug-likeness (QED) is 0.0267. The topological polar surface area (TPSA) is 418 Å². The van der Waals surface area contributed by atoms with Crippen LogP contribution in [0.4, 0.5) is 0 Å². The number of carbonyl (C=O) groups is 9. The van der Waals surface area contributed by atoms with Crippen molar-refractivity contribution in [3.05, 3.63) is 95.4 Å². The molecule has 1 aliphatic heterocycles. The van der Waals surface area contributed by atoms with Crippen molar-refractivity contribution in [3.63, 3.8) is 0 Å². The summed E-state index contributed by atoms with van der Waals surface area (Å²) < 4.78 is 0. The van der Waals surface area contributed by atoms with Crippen molar-refractivity contribution in [3.8, 4) is 5.75 Å². The second-order valence-electron chi connectivity index (χ2n) is 17.7. The summed E-state index contributed by atoms with van der Waals surface area (Å²) in [6.07, 6.45) is 3.64. The van der Waals surface area contributed by atoms with Crippen molar-refractivity contribution in [1.29, 1.82) is 0 Å². The lowest BCUT2D eigenvalue weighted by Gasteiger charge is -2.29. The van der Waals surface area contributed by atoms with Gasteiger partial charge in [-0.3, -0.25) is 43.3 Å². The molecule has 8 atom stereocenters. The standard InChI is InChI=1S/C48H65N13O12S/c1-26(2)39(61-42(67)33(12-8-17-53-48(50)51)55-40(65)31(49)22-38(63)64)46(71)58-34(19-28-13-15-30(62)16-14-28)43(68)56-32-11-6-7-18-74-24-37(45(70)59-36(47(72)73)20-27-9-4-3-5-10-27)60-44(69)35(57-41(32)66)21-29-23-52-25-54-29/h3-5,7,9-10,13-16,18,23,25-26,31-37,39,62H,6,8,11-12,17,19-22,24,49H2,1-2H3,(H,52,54)(H,55,65)(H,56,68)(H,57,66)(H,58,71)(H,59,70)(H,60,69)(H,61,67)(H,63,64)(H,72,73)(H4,50,51,53)/b18-7-/t31-,32-,33-,34-,35-,36-,37-,39-/m0/s1. The number of aromatic hydroxyl groups is 1. The number of H-pyrrole nitrogens is 1. The van der Waals surface area contributed by atoms with Gasteiger partial charge in [-0.25, -0.2) is 9.78 Å². The maximum absolute atomic E-state index is 14.5. The van der Waals surface area contributed by atoms with Gasteiger partial charge in [0.05, 0.1) is 18.8 Å². The Labute approximate surface area is 430 Å². The lowest BCUT2D eigenvalue weighted by Crippen LogP contribution is -2.61. The predicted octanol–water partition coefficient (Wildman–Crippen LogP) is -1.83. The maximum Gasteiger partial charge on any atom is 0.326 e. The summed E-state index contributed by atoms with van der Waals surface area (Å²) >= 11 is 1.14. The zero-order chi connectivity index (χ0) is 54.3. The first-order valence-corrected chi connectivity index (χ1v) is 24.7. The fraction of sp³-hybridized carbons (Fsp3) is 0.438. The average molecular weight is 1050 g/mol. The number of thioether (sulfide) groups is 1. The number of carboxylic acid groups (broad SMARTS) is 2. The zero-order valence-electron chi connectivity index (χ0n) is 40.8. The minimum atomic E-state index is -1.51. The van der Waals surface area contributed by atoms with E-state index in [4.69, 9.17) is 22.3 Å². The van der Waals surface area contributed by atoms with Crippen LogP contribution in [0.25, 0.3) is 0 Å². The molecule has 0 aliphatic carbocycles. The number of amides is 7. The summed E-state index contributed by atoms with van der Waals surface area (Å²) in [5, 5.41) is 49.1. The molecule has 0 unspecified atom stereocenters. The van der Waals surface area contributed by atoms with Gasteiger partial charge in [0.1, 0.15) is 48.0 Å². The number of hydrogen-bond acceptors (Lipinski definition) is 14. The number of guanidine groups is 1. The molecule has 0 spiro atoms. The van der Waals surface area contributed by atoms with Crippen LogP contribution in [-0.4, -0.2) is 145 Å². The molecule has 0 fully saturated rings. The first-order valence-electron chi connectivity index (χ1n) is 23.6. The summed E-state index contributed by atoms with van der Waals surface area (Å²) in [6, 6.07) is 3.51. The van der Waals surface area contributed by atoms with E-state index < -0.39 is 114 Å². The minimum absolute atomic E-state index is 0.0201. The zero-order valence-corrected chi connectivity index (χ0v) is 41.6. The van der Waals surface area contributed by atoms with Crippen molar-refractivity contribution >= 4 is 71.0 Å². The van der Waals surface area contributed by atoms with Gasteiger partial charge >= 0.3 is 11.9 Å². The van der Waals surface area contributed by atoms with Gasteiger partial charge in [-0.05, 0) is 60.3 Å². The van der Waals surface area contributed by atoms with Gasteiger partial charge in [-0.1, -0.05) is 62.4 Å². The summed E-state index contributed by atoms with van der Waals surface area (Å²) in [4.78, 5) is 132. The Morgan fingerprint density at radius 3 is 2.14 bits per heavy atom. The molecule has 0 bridgehead atoms. The number of benzene rings is 2. The van der Waals surface area contributed by atoms with Gasteiger partial charge in [-0.2, -0.15) is 0 Å². The Kier molecular flexibility index (Phi) is 23.3. The minimum Gasteiger partial charge on any atom is -0.508 e. The van der Waals surface area contributed by atoms with Crippen LogP contribution in [0.15, 0.2) is 83.6 Å². The van der Waals surface area contributed by atoms with Crippen molar-refractivity contribution < 1.29 is 58.5 Å². The number of carbonyl (C=O) groups excluding carboxylic acids is 7. The summed E-state index contributed by atoms with van der Waals surface area (Å²) in [5.41, 5.74) is 18.2. The Balaban J connectivity index is 1.59. The van der Waals surface area contributed by atoms with E-state index in [-0.39, 0.29) is 69.0 Å². The molecule has 74 heavy (non-hydrogen) atoms. The van der Waals surface area contributed by atoms with Gasteiger partial charge < -0.3 is 74.7 Å². The Hall–Kier alpha value is -8.00. The van der Waals surface area contributed by atoms with Crippen LogP contribution in [0, 0.1) is 5.92 Å². The Morgan fingerprint density at radius 2 is 1.50 bits per heavy atom. The molecule has 2 aromatic carbocycles. The number of nitrogens with two attached hydrogens (primary N) is 3. The lowest BCUT2D eigenvalue weighted by molar-refractivity contribution is -0.142. The molecule has 2 heterocycles. The molecule has 0 radical (unpaired) electrons. The number of nitrogens with one attached hydrogen (secondary N) is 8. The SMILES string of the molecule is CC(C)[C@H](NC(=O)[C@H](CCCN=C(N)N)NC(=O)[C@@H](N)CC(=O)O)C(=O)N[C@@H](Cc1ccc(O)cc1)C(=O)N[C@H]1CC/C=C\SC[C@@H](C(=O)N[C@@H](Cc2ccccc2)C(=O)O)NC(=O)[C@H](Cc2cnc[nH]2)NC1=O. The third kappa shape index (κ3) is 19.9. The molecule has 0 saturated heterocycles. The lowest BCUT2D eigenvalue weighted by atomic mass is 9.99.